The van der Waals surface area contributed by atoms with Gasteiger partial charge in [-0.1, -0.05) is 0 Å². The molecule has 0 saturated carbocycles. The fourth-order valence-electron chi connectivity index (χ4n) is 1.47. The van der Waals surface area contributed by atoms with Crippen molar-refractivity contribution in [3.8, 4) is 6.07 Å². The quantitative estimate of drug-likeness (QED) is 0.829. The van der Waals surface area contributed by atoms with E-state index in [0.29, 0.717) is 11.3 Å². The number of rotatable bonds is 3. The Labute approximate surface area is 86.5 Å². The van der Waals surface area contributed by atoms with Crippen LogP contribution in [0, 0.1) is 18.3 Å². The maximum Gasteiger partial charge on any atom is 0.264 e. The third-order valence-electron chi connectivity index (χ3n) is 2.21. The first-order valence-corrected chi connectivity index (χ1v) is 4.44. The number of nitriles is 1. The summed E-state index contributed by atoms with van der Waals surface area (Å²) in [6.07, 6.45) is -1.37. The maximum absolute atomic E-state index is 12.8. The monoisotopic (exact) mass is 211 g/mol. The fraction of sp³-hybridized carbons (Fsp3) is 0.400. The average Bonchev–Trinajstić information content (AvgIpc) is 2.20. The molecule has 0 aliphatic carbocycles. The highest BCUT2D eigenvalue weighted by atomic mass is 19.3. The smallest absolute Gasteiger partial charge is 0.264 e. The summed E-state index contributed by atoms with van der Waals surface area (Å²) in [7, 11) is 0. The van der Waals surface area contributed by atoms with Gasteiger partial charge in [-0.25, -0.2) is 8.78 Å². The highest BCUT2D eigenvalue weighted by Gasteiger charge is 2.19. The van der Waals surface area contributed by atoms with Gasteiger partial charge in [-0.15, -0.1) is 0 Å². The van der Waals surface area contributed by atoms with Crippen LogP contribution in [0.3, 0.4) is 0 Å². The number of hydrogen-bond donors (Lipinski definition) is 1. The zero-order valence-corrected chi connectivity index (χ0v) is 8.30. The third-order valence-corrected chi connectivity index (χ3v) is 2.21. The number of halogens is 2. The van der Waals surface area contributed by atoms with Gasteiger partial charge in [0.1, 0.15) is 0 Å². The van der Waals surface area contributed by atoms with Crippen molar-refractivity contribution < 1.29 is 8.78 Å². The second kappa shape index (κ2) is 4.80. The molecule has 0 radical (unpaired) electrons. The van der Waals surface area contributed by atoms with Crippen LogP contribution >= 0.6 is 0 Å². The summed E-state index contributed by atoms with van der Waals surface area (Å²) in [4.78, 5) is 3.95. The fourth-order valence-corrected chi connectivity index (χ4v) is 1.47. The topological polar surface area (TPSA) is 62.7 Å². The van der Waals surface area contributed by atoms with Crippen molar-refractivity contribution in [2.45, 2.75) is 26.3 Å². The van der Waals surface area contributed by atoms with Crippen molar-refractivity contribution in [3.05, 3.63) is 28.6 Å². The van der Waals surface area contributed by atoms with Gasteiger partial charge in [0.15, 0.2) is 0 Å². The van der Waals surface area contributed by atoms with Gasteiger partial charge in [0.05, 0.1) is 12.5 Å². The Kier molecular flexibility index (Phi) is 3.69. The molecule has 1 aromatic heterocycles. The Morgan fingerprint density at radius 1 is 1.60 bits per heavy atom. The Morgan fingerprint density at radius 3 is 2.73 bits per heavy atom. The lowest BCUT2D eigenvalue weighted by atomic mass is 10.00. The number of pyridine rings is 1. The molecule has 1 heterocycles. The molecule has 0 amide bonds. The first-order valence-electron chi connectivity index (χ1n) is 4.44. The van der Waals surface area contributed by atoms with Crippen LogP contribution in [0.1, 0.15) is 28.8 Å². The number of alkyl halides is 2. The molecule has 0 aliphatic rings. The number of hydrogen-bond acceptors (Lipinski definition) is 3. The standard InChI is InChI=1S/C10H11F2N3/c1-6-8(4-14)9(10(11)12)7(2-3-13)5-15-6/h5,10H,2,4,14H2,1H3. The maximum atomic E-state index is 12.8. The van der Waals surface area contributed by atoms with Gasteiger partial charge in [0.25, 0.3) is 6.43 Å². The number of nitrogens with zero attached hydrogens (tertiary/aromatic N) is 2. The second-order valence-electron chi connectivity index (χ2n) is 3.10. The molecule has 0 atom stereocenters. The zero-order chi connectivity index (χ0) is 11.4. The van der Waals surface area contributed by atoms with Gasteiger partial charge < -0.3 is 5.73 Å². The van der Waals surface area contributed by atoms with Crippen LogP contribution in [0.2, 0.25) is 0 Å². The van der Waals surface area contributed by atoms with E-state index in [4.69, 9.17) is 11.0 Å². The van der Waals surface area contributed by atoms with E-state index in [1.54, 1.807) is 6.92 Å². The van der Waals surface area contributed by atoms with Gasteiger partial charge in [-0.05, 0) is 18.1 Å². The van der Waals surface area contributed by atoms with Crippen molar-refractivity contribution in [2.24, 2.45) is 5.73 Å². The van der Waals surface area contributed by atoms with E-state index >= 15 is 0 Å². The lowest BCUT2D eigenvalue weighted by Gasteiger charge is -2.13. The van der Waals surface area contributed by atoms with Gasteiger partial charge >= 0.3 is 0 Å². The van der Waals surface area contributed by atoms with Crippen LogP contribution in [-0.4, -0.2) is 4.98 Å². The summed E-state index contributed by atoms with van der Waals surface area (Å²) in [6, 6.07) is 1.84. The number of aryl methyl sites for hydroxylation is 1. The first-order chi connectivity index (χ1) is 7.11. The predicted molar refractivity (Wildman–Crippen MR) is 51.1 cm³/mol. The van der Waals surface area contributed by atoms with E-state index in [-0.39, 0.29) is 24.1 Å². The minimum Gasteiger partial charge on any atom is -0.326 e. The molecule has 80 valence electrons. The normalized spacial score (nSPS) is 10.4. The summed E-state index contributed by atoms with van der Waals surface area (Å²) in [5.74, 6) is 0. The molecule has 0 unspecified atom stereocenters. The molecule has 0 fully saturated rings. The minimum atomic E-state index is -2.62. The minimum absolute atomic E-state index is 0.0117. The van der Waals surface area contributed by atoms with Crippen LogP contribution in [0.5, 0.6) is 0 Å². The first kappa shape index (κ1) is 11.5. The molecule has 0 saturated heterocycles. The lowest BCUT2D eigenvalue weighted by Crippen LogP contribution is -2.09. The molecule has 2 N–H and O–H groups in total. The number of aromatic nitrogens is 1. The Morgan fingerprint density at radius 2 is 2.27 bits per heavy atom. The van der Waals surface area contributed by atoms with Crippen molar-refractivity contribution >= 4 is 0 Å². The molecule has 15 heavy (non-hydrogen) atoms. The summed E-state index contributed by atoms with van der Waals surface area (Å²) in [5, 5.41) is 8.50. The van der Waals surface area contributed by atoms with Gasteiger partial charge in [0, 0.05) is 24.0 Å². The summed E-state index contributed by atoms with van der Waals surface area (Å²) < 4.78 is 25.6. The van der Waals surface area contributed by atoms with Crippen LogP contribution in [0.25, 0.3) is 0 Å². The molecule has 5 heteroatoms. The zero-order valence-electron chi connectivity index (χ0n) is 8.30. The van der Waals surface area contributed by atoms with Crippen LogP contribution in [0.4, 0.5) is 8.78 Å². The van der Waals surface area contributed by atoms with E-state index in [2.05, 4.69) is 4.98 Å². The Balaban J connectivity index is 3.36. The molecule has 3 nitrogen and oxygen atoms in total. The molecule has 1 aromatic rings. The molecule has 0 aromatic carbocycles. The van der Waals surface area contributed by atoms with Crippen molar-refractivity contribution in [1.29, 1.82) is 5.26 Å². The van der Waals surface area contributed by atoms with Crippen LogP contribution in [0.15, 0.2) is 6.20 Å². The molecule has 0 bridgehead atoms. The summed E-state index contributed by atoms with van der Waals surface area (Å²) >= 11 is 0. The Bertz CT molecular complexity index is 396. The molecule has 1 rings (SSSR count). The third kappa shape index (κ3) is 2.28. The lowest BCUT2D eigenvalue weighted by molar-refractivity contribution is 0.149. The molecule has 0 spiro atoms. The van der Waals surface area contributed by atoms with Crippen molar-refractivity contribution in [1.82, 2.24) is 4.98 Å². The van der Waals surface area contributed by atoms with E-state index < -0.39 is 6.43 Å². The molecular weight excluding hydrogens is 200 g/mol. The van der Waals surface area contributed by atoms with Crippen LogP contribution in [-0.2, 0) is 13.0 Å². The number of nitrogens with two attached hydrogens (primary N) is 1. The molecular formula is C10H11F2N3. The van der Waals surface area contributed by atoms with E-state index in [0.717, 1.165) is 0 Å². The van der Waals surface area contributed by atoms with Gasteiger partial charge in [-0.3, -0.25) is 4.98 Å². The summed E-state index contributed by atoms with van der Waals surface area (Å²) in [5.41, 5.74) is 6.37. The molecule has 0 aliphatic heterocycles. The highest BCUT2D eigenvalue weighted by molar-refractivity contribution is 5.38. The predicted octanol–water partition coefficient (Wildman–Crippen LogP) is 1.85. The van der Waals surface area contributed by atoms with Gasteiger partial charge in [0.2, 0.25) is 0 Å². The van der Waals surface area contributed by atoms with Gasteiger partial charge in [-0.2, -0.15) is 5.26 Å². The Hall–Kier alpha value is -1.54. The highest BCUT2D eigenvalue weighted by Crippen LogP contribution is 2.28. The van der Waals surface area contributed by atoms with E-state index in [1.165, 1.54) is 6.20 Å². The van der Waals surface area contributed by atoms with E-state index in [1.807, 2.05) is 6.07 Å². The van der Waals surface area contributed by atoms with E-state index in [9.17, 15) is 8.78 Å². The SMILES string of the molecule is Cc1ncc(CC#N)c(C(F)F)c1CN. The summed E-state index contributed by atoms with van der Waals surface area (Å²) in [6.45, 7) is 1.64. The second-order valence-corrected chi connectivity index (χ2v) is 3.10. The van der Waals surface area contributed by atoms with Crippen molar-refractivity contribution in [3.63, 3.8) is 0 Å². The average molecular weight is 211 g/mol. The largest absolute Gasteiger partial charge is 0.326 e. The van der Waals surface area contributed by atoms with Crippen LogP contribution < -0.4 is 5.73 Å². The van der Waals surface area contributed by atoms with Crippen molar-refractivity contribution in [2.75, 3.05) is 0 Å².